The largest absolute Gasteiger partial charge is 0.477 e. The number of aliphatic carboxylic acids is 1. The molecule has 29 heavy (non-hydrogen) atoms. The number of anilines is 1. The van der Waals surface area contributed by atoms with E-state index in [1.54, 1.807) is 0 Å². The Morgan fingerprint density at radius 3 is 2.72 bits per heavy atom. The molecule has 154 valence electrons. The number of carbonyl (C=O) groups excluding carboxylic acids is 2. The number of carboxylic acid groups (broad SMARTS) is 1. The maximum atomic E-state index is 12.5. The van der Waals surface area contributed by atoms with Gasteiger partial charge in [0.05, 0.1) is 0 Å². The first-order valence-electron chi connectivity index (χ1n) is 7.74. The van der Waals surface area contributed by atoms with Gasteiger partial charge in [-0.05, 0) is 11.6 Å². The van der Waals surface area contributed by atoms with E-state index in [0.29, 0.717) is 6.08 Å². The molecule has 3 rings (SSSR count). The van der Waals surface area contributed by atoms with Crippen LogP contribution in [0.25, 0.3) is 0 Å². The number of oxime groups is 1. The van der Waals surface area contributed by atoms with E-state index in [-0.39, 0.29) is 22.3 Å². The van der Waals surface area contributed by atoms with Crippen molar-refractivity contribution in [1.82, 2.24) is 19.6 Å². The van der Waals surface area contributed by atoms with Gasteiger partial charge >= 0.3 is 5.97 Å². The maximum Gasteiger partial charge on any atom is 0.352 e. The van der Waals surface area contributed by atoms with Crippen molar-refractivity contribution in [3.05, 3.63) is 29.2 Å². The Balaban J connectivity index is 1.78. The number of β-lactam (4-membered cyclic amide) rings is 1. The minimum absolute atomic E-state index is 0.0308. The van der Waals surface area contributed by atoms with Gasteiger partial charge in [-0.25, -0.2) is 13.6 Å². The van der Waals surface area contributed by atoms with Crippen LogP contribution in [0, 0.1) is 0 Å². The van der Waals surface area contributed by atoms with Gasteiger partial charge in [0.2, 0.25) is 11.5 Å². The first-order valence-corrected chi connectivity index (χ1v) is 9.56. The number of rotatable bonds is 6. The van der Waals surface area contributed by atoms with Crippen LogP contribution in [0.3, 0.4) is 0 Å². The molecule has 2 amide bonds. The van der Waals surface area contributed by atoms with Crippen LogP contribution in [0.15, 0.2) is 28.6 Å². The number of amides is 2. The van der Waals surface area contributed by atoms with E-state index >= 15 is 0 Å². The number of fused-ring (bicyclic) bond motifs is 1. The fraction of sp³-hybridized carbons (Fsp3) is 0.286. The Labute approximate surface area is 169 Å². The number of nitrogens with one attached hydrogen (secondary N) is 1. The molecule has 1 saturated heterocycles. The van der Waals surface area contributed by atoms with Crippen LogP contribution in [-0.4, -0.2) is 71.7 Å². The zero-order valence-corrected chi connectivity index (χ0v) is 15.8. The molecular formula is C14H12F2N6O5S2. The molecule has 3 heterocycles. The van der Waals surface area contributed by atoms with Crippen LogP contribution >= 0.6 is 23.3 Å². The van der Waals surface area contributed by atoms with Crippen LogP contribution in [0.4, 0.5) is 13.9 Å². The Morgan fingerprint density at radius 2 is 2.17 bits per heavy atom. The Hall–Kier alpha value is -3.07. The molecule has 0 aromatic carbocycles. The average Bonchev–Trinajstić information content (AvgIpc) is 3.09. The lowest BCUT2D eigenvalue weighted by atomic mass is 10.0. The number of allylic oxidation sites excluding steroid dienone is 2. The number of alkyl halides is 2. The summed E-state index contributed by atoms with van der Waals surface area (Å²) in [6.07, 6.45) is -1.28. The zero-order valence-electron chi connectivity index (χ0n) is 14.2. The summed E-state index contributed by atoms with van der Waals surface area (Å²) >= 11 is 1.86. The van der Waals surface area contributed by atoms with Gasteiger partial charge < -0.3 is 21.4 Å². The van der Waals surface area contributed by atoms with Crippen LogP contribution in [0.2, 0.25) is 0 Å². The molecular weight excluding hydrogens is 434 g/mol. The third-order valence-corrected chi connectivity index (χ3v) is 5.74. The molecule has 0 saturated carbocycles. The van der Waals surface area contributed by atoms with E-state index in [1.165, 1.54) is 0 Å². The van der Waals surface area contributed by atoms with Crippen molar-refractivity contribution in [3.8, 4) is 0 Å². The van der Waals surface area contributed by atoms with Gasteiger partial charge in [-0.1, -0.05) is 11.2 Å². The topological polar surface area (TPSA) is 171 Å². The van der Waals surface area contributed by atoms with Gasteiger partial charge in [-0.3, -0.25) is 14.5 Å². The van der Waals surface area contributed by atoms with Crippen LogP contribution in [0.1, 0.15) is 5.82 Å². The highest BCUT2D eigenvalue weighted by Crippen LogP contribution is 2.40. The highest BCUT2D eigenvalue weighted by Gasteiger charge is 2.54. The number of halogens is 2. The van der Waals surface area contributed by atoms with Gasteiger partial charge in [-0.2, -0.15) is 9.36 Å². The summed E-state index contributed by atoms with van der Waals surface area (Å²) < 4.78 is 28.5. The molecule has 0 aliphatic carbocycles. The third-order valence-electron chi connectivity index (χ3n) is 3.90. The Bertz CT molecular complexity index is 962. The second-order valence-electron chi connectivity index (χ2n) is 5.64. The predicted molar refractivity (Wildman–Crippen MR) is 97.5 cm³/mol. The van der Waals surface area contributed by atoms with Crippen molar-refractivity contribution >= 4 is 51.9 Å². The van der Waals surface area contributed by atoms with Crippen LogP contribution in [-0.2, 0) is 14.4 Å². The molecule has 0 bridgehead atoms. The molecule has 15 heteroatoms. The van der Waals surface area contributed by atoms with Crippen molar-refractivity contribution in [3.63, 3.8) is 0 Å². The van der Waals surface area contributed by atoms with E-state index in [9.17, 15) is 28.3 Å². The molecule has 1 aromatic heterocycles. The van der Waals surface area contributed by atoms with E-state index in [1.807, 2.05) is 0 Å². The van der Waals surface area contributed by atoms with Gasteiger partial charge in [-0.15, -0.1) is 11.8 Å². The molecule has 2 aliphatic rings. The van der Waals surface area contributed by atoms with E-state index in [2.05, 4.69) is 19.8 Å². The van der Waals surface area contributed by atoms with Crippen LogP contribution < -0.4 is 11.1 Å². The average molecular weight is 446 g/mol. The molecule has 1 fully saturated rings. The first kappa shape index (κ1) is 20.7. The molecule has 1 aromatic rings. The van der Waals surface area contributed by atoms with Gasteiger partial charge in [0, 0.05) is 17.3 Å². The second kappa shape index (κ2) is 8.12. The number of carboxylic acids is 1. The molecule has 0 unspecified atom stereocenters. The number of nitrogen functional groups attached to an aromatic ring is 1. The number of carbonyl (C=O) groups is 3. The summed E-state index contributed by atoms with van der Waals surface area (Å²) in [6.45, 7) is 0. The molecule has 11 nitrogen and oxygen atoms in total. The summed E-state index contributed by atoms with van der Waals surface area (Å²) in [5.74, 6) is -3.37. The van der Waals surface area contributed by atoms with Gasteiger partial charge in [0.15, 0.2) is 5.13 Å². The maximum absolute atomic E-state index is 12.5. The third kappa shape index (κ3) is 3.91. The highest BCUT2D eigenvalue weighted by molar-refractivity contribution is 8.00. The Kier molecular flexibility index (Phi) is 5.78. The van der Waals surface area contributed by atoms with Gasteiger partial charge in [0.1, 0.15) is 17.1 Å². The number of hydrogen-bond donors (Lipinski definition) is 4. The lowest BCUT2D eigenvalue weighted by Crippen LogP contribution is -2.71. The lowest BCUT2D eigenvalue weighted by Gasteiger charge is -2.49. The lowest BCUT2D eigenvalue weighted by molar-refractivity contribution is -0.150. The molecule has 0 spiro atoms. The summed E-state index contributed by atoms with van der Waals surface area (Å²) in [5.41, 5.74) is 4.48. The van der Waals surface area contributed by atoms with E-state index in [0.717, 1.165) is 34.3 Å². The quantitative estimate of drug-likeness (QED) is 0.201. The molecule has 0 radical (unpaired) electrons. The fourth-order valence-electron chi connectivity index (χ4n) is 2.69. The number of nitrogens with zero attached hydrogens (tertiary/aromatic N) is 4. The standard InChI is InChI=1S/C14H12F2N6O5S2/c15-5(16)2-1-4-3-28-12-7(11(24)22(12)8(4)13(25)26)18-10(23)6(20-27)9-19-14(17)29-21-9/h1-2,5,7,12,27H,3H2,(H,18,23)(H,25,26)(H2,17,19,21)/b2-1-,20-6-/t7-,12-/m1/s1. The predicted octanol–water partition coefficient (Wildman–Crippen LogP) is -0.141. The molecule has 2 aliphatic heterocycles. The SMILES string of the molecule is Nc1nc(/C(=N/O)C(=O)N[C@@H]2C(=O)N3C(C(=O)O)=C(/C=C\C(F)F)CS[C@H]23)ns1. The normalized spacial score (nSPS) is 22.1. The minimum atomic E-state index is -2.77. The van der Waals surface area contributed by atoms with Crippen molar-refractivity contribution in [1.29, 1.82) is 0 Å². The Morgan fingerprint density at radius 1 is 1.45 bits per heavy atom. The zero-order chi connectivity index (χ0) is 21.3. The summed E-state index contributed by atoms with van der Waals surface area (Å²) in [7, 11) is 0. The van der Waals surface area contributed by atoms with Crippen molar-refractivity contribution < 1.29 is 33.5 Å². The molecule has 5 N–H and O–H groups in total. The second-order valence-corrected chi connectivity index (χ2v) is 7.53. The number of nitrogens with two attached hydrogens (primary N) is 1. The van der Waals surface area contributed by atoms with Crippen molar-refractivity contribution in [2.75, 3.05) is 11.5 Å². The molecule has 2 atom stereocenters. The van der Waals surface area contributed by atoms with Gasteiger partial charge in [0.25, 0.3) is 18.2 Å². The summed E-state index contributed by atoms with van der Waals surface area (Å²) in [4.78, 5) is 41.0. The minimum Gasteiger partial charge on any atom is -0.477 e. The first-order chi connectivity index (χ1) is 13.7. The summed E-state index contributed by atoms with van der Waals surface area (Å²) in [5, 5.41) is 22.9. The summed E-state index contributed by atoms with van der Waals surface area (Å²) in [6, 6.07) is -1.12. The van der Waals surface area contributed by atoms with Crippen molar-refractivity contribution in [2.45, 2.75) is 17.8 Å². The van der Waals surface area contributed by atoms with E-state index in [4.69, 9.17) is 10.9 Å². The smallest absolute Gasteiger partial charge is 0.352 e. The number of thioether (sulfide) groups is 1. The van der Waals surface area contributed by atoms with Crippen molar-refractivity contribution in [2.24, 2.45) is 5.16 Å². The number of aromatic nitrogens is 2. The van der Waals surface area contributed by atoms with Crippen LogP contribution in [0.5, 0.6) is 0 Å². The number of hydrogen-bond acceptors (Lipinski definition) is 10. The monoisotopic (exact) mass is 446 g/mol. The fourth-order valence-corrected chi connectivity index (χ4v) is 4.45. The van der Waals surface area contributed by atoms with E-state index < -0.39 is 47.0 Å². The highest BCUT2D eigenvalue weighted by atomic mass is 32.2.